The molecule has 1 heterocycles. The van der Waals surface area contributed by atoms with Gasteiger partial charge in [0.15, 0.2) is 0 Å². The van der Waals surface area contributed by atoms with E-state index in [4.69, 9.17) is 4.74 Å². The van der Waals surface area contributed by atoms with E-state index in [1.54, 1.807) is 24.0 Å². The quantitative estimate of drug-likeness (QED) is 0.754. The Morgan fingerprint density at radius 1 is 1.29 bits per heavy atom. The molecule has 4 heteroatoms. The number of benzene rings is 1. The number of methoxy groups -OCH3 is 1. The molecule has 1 aromatic carbocycles. The molecule has 0 aliphatic heterocycles. The number of carbonyl (C=O) groups is 1. The van der Waals surface area contributed by atoms with Gasteiger partial charge in [-0.15, -0.1) is 0 Å². The highest BCUT2D eigenvalue weighted by molar-refractivity contribution is 5.98. The van der Waals surface area contributed by atoms with Crippen molar-refractivity contribution in [1.29, 1.82) is 0 Å². The highest BCUT2D eigenvalue weighted by atomic mass is 16.5. The molecule has 17 heavy (non-hydrogen) atoms. The van der Waals surface area contributed by atoms with Crippen molar-refractivity contribution in [2.45, 2.75) is 6.10 Å². The average Bonchev–Trinajstić information content (AvgIpc) is 2.78. The van der Waals surface area contributed by atoms with Crippen LogP contribution in [0.3, 0.4) is 0 Å². The van der Waals surface area contributed by atoms with Crippen molar-refractivity contribution in [3.8, 4) is 0 Å². The molecule has 2 rings (SSSR count). The Balaban J connectivity index is 2.28. The summed E-state index contributed by atoms with van der Waals surface area (Å²) < 4.78 is 6.87. The number of hydrogen-bond acceptors (Lipinski definition) is 3. The van der Waals surface area contributed by atoms with Gasteiger partial charge in [-0.05, 0) is 11.6 Å². The Bertz CT molecular complexity index is 505. The number of carbonyl (C=O) groups excluding carboxylic acids is 1. The minimum Gasteiger partial charge on any atom is -0.368 e. The van der Waals surface area contributed by atoms with E-state index in [0.29, 0.717) is 5.69 Å². The maximum atomic E-state index is 12.2. The van der Waals surface area contributed by atoms with Crippen molar-refractivity contribution in [2.24, 2.45) is 7.05 Å². The van der Waals surface area contributed by atoms with Crippen LogP contribution in [0.4, 0.5) is 0 Å². The maximum Gasteiger partial charge on any atom is 0.216 e. The van der Waals surface area contributed by atoms with Crippen LogP contribution in [0, 0.1) is 0 Å². The van der Waals surface area contributed by atoms with E-state index in [1.807, 2.05) is 30.3 Å². The summed E-state index contributed by atoms with van der Waals surface area (Å²) in [4.78, 5) is 12.2. The number of rotatable bonds is 4. The molecule has 0 fully saturated rings. The van der Waals surface area contributed by atoms with Crippen molar-refractivity contribution >= 4 is 5.78 Å². The van der Waals surface area contributed by atoms with E-state index in [9.17, 15) is 4.79 Å². The molecule has 1 aromatic heterocycles. The smallest absolute Gasteiger partial charge is 0.216 e. The molecule has 0 saturated heterocycles. The number of aromatic nitrogens is 2. The number of nitrogens with zero attached hydrogens (tertiary/aromatic N) is 2. The van der Waals surface area contributed by atoms with Gasteiger partial charge in [-0.25, -0.2) is 0 Å². The average molecular weight is 230 g/mol. The lowest BCUT2D eigenvalue weighted by Gasteiger charge is -2.12. The van der Waals surface area contributed by atoms with Gasteiger partial charge in [0.1, 0.15) is 11.8 Å². The second-order valence-electron chi connectivity index (χ2n) is 3.77. The first-order valence-corrected chi connectivity index (χ1v) is 5.34. The molecule has 0 amide bonds. The second-order valence-corrected chi connectivity index (χ2v) is 3.77. The van der Waals surface area contributed by atoms with Crippen LogP contribution in [0.2, 0.25) is 0 Å². The van der Waals surface area contributed by atoms with Gasteiger partial charge in [0, 0.05) is 20.4 Å². The first-order chi connectivity index (χ1) is 8.22. The van der Waals surface area contributed by atoms with Crippen LogP contribution in [0.15, 0.2) is 42.6 Å². The standard InChI is InChI=1S/C13H14N2O2/c1-15-9-8-11(14-15)12(16)13(17-2)10-6-4-3-5-7-10/h3-9,13H,1-2H3. The second kappa shape index (κ2) is 4.93. The zero-order valence-electron chi connectivity index (χ0n) is 9.83. The molecule has 0 N–H and O–H groups in total. The van der Waals surface area contributed by atoms with E-state index in [1.165, 1.54) is 7.11 Å². The molecule has 88 valence electrons. The van der Waals surface area contributed by atoms with Crippen molar-refractivity contribution in [1.82, 2.24) is 9.78 Å². The highest BCUT2D eigenvalue weighted by Crippen LogP contribution is 2.20. The zero-order valence-corrected chi connectivity index (χ0v) is 9.83. The Hall–Kier alpha value is -1.94. The largest absolute Gasteiger partial charge is 0.368 e. The van der Waals surface area contributed by atoms with E-state index >= 15 is 0 Å². The third-order valence-electron chi connectivity index (χ3n) is 2.54. The molecule has 0 bridgehead atoms. The molecule has 2 aromatic rings. The van der Waals surface area contributed by atoms with Gasteiger partial charge < -0.3 is 4.74 Å². The molecule has 1 atom stereocenters. The molecule has 0 spiro atoms. The van der Waals surface area contributed by atoms with E-state index in [0.717, 1.165) is 5.56 Å². The van der Waals surface area contributed by atoms with Crippen LogP contribution >= 0.6 is 0 Å². The summed E-state index contributed by atoms with van der Waals surface area (Å²) in [6, 6.07) is 11.1. The lowest BCUT2D eigenvalue weighted by molar-refractivity contribution is 0.0598. The summed E-state index contributed by atoms with van der Waals surface area (Å²) in [5.41, 5.74) is 1.26. The van der Waals surface area contributed by atoms with Gasteiger partial charge in [0.2, 0.25) is 5.78 Å². The van der Waals surface area contributed by atoms with Gasteiger partial charge in [-0.3, -0.25) is 9.48 Å². The normalized spacial score (nSPS) is 12.4. The van der Waals surface area contributed by atoms with E-state index in [-0.39, 0.29) is 5.78 Å². The zero-order chi connectivity index (χ0) is 12.3. The molecule has 1 unspecified atom stereocenters. The summed E-state index contributed by atoms with van der Waals surface area (Å²) in [5, 5.41) is 4.09. The third-order valence-corrected chi connectivity index (χ3v) is 2.54. The molecule has 0 radical (unpaired) electrons. The first-order valence-electron chi connectivity index (χ1n) is 5.34. The predicted molar refractivity (Wildman–Crippen MR) is 63.7 cm³/mol. The fourth-order valence-corrected chi connectivity index (χ4v) is 1.70. The molecule has 0 aliphatic carbocycles. The van der Waals surface area contributed by atoms with Crippen LogP contribution in [-0.4, -0.2) is 22.7 Å². The number of Topliss-reactive ketones (excluding diaryl/α,β-unsaturated/α-hetero) is 1. The summed E-state index contributed by atoms with van der Waals surface area (Å²) in [7, 11) is 3.31. The predicted octanol–water partition coefficient (Wildman–Crippen LogP) is 1.99. The summed E-state index contributed by atoms with van der Waals surface area (Å²) >= 11 is 0. The van der Waals surface area contributed by atoms with Gasteiger partial charge in [0.25, 0.3) is 0 Å². The summed E-state index contributed by atoms with van der Waals surface area (Å²) in [5.74, 6) is -0.126. The van der Waals surface area contributed by atoms with E-state index < -0.39 is 6.10 Å². The monoisotopic (exact) mass is 230 g/mol. The van der Waals surface area contributed by atoms with Crippen molar-refractivity contribution in [3.05, 3.63) is 53.9 Å². The molecular formula is C13H14N2O2. The van der Waals surface area contributed by atoms with E-state index in [2.05, 4.69) is 5.10 Å². The van der Waals surface area contributed by atoms with Gasteiger partial charge >= 0.3 is 0 Å². The fourth-order valence-electron chi connectivity index (χ4n) is 1.70. The van der Waals surface area contributed by atoms with Gasteiger partial charge in [-0.1, -0.05) is 30.3 Å². The Morgan fingerprint density at radius 2 is 2.00 bits per heavy atom. The summed E-state index contributed by atoms with van der Waals surface area (Å²) in [6.07, 6.45) is 1.15. The minimum absolute atomic E-state index is 0.126. The number of aryl methyl sites for hydroxylation is 1. The van der Waals surface area contributed by atoms with Crippen LogP contribution in [0.5, 0.6) is 0 Å². The molecule has 0 saturated carbocycles. The van der Waals surface area contributed by atoms with Crippen LogP contribution in [-0.2, 0) is 11.8 Å². The van der Waals surface area contributed by atoms with Crippen molar-refractivity contribution in [2.75, 3.05) is 7.11 Å². The number of hydrogen-bond donors (Lipinski definition) is 0. The van der Waals surface area contributed by atoms with Crippen LogP contribution in [0.1, 0.15) is 22.2 Å². The van der Waals surface area contributed by atoms with Crippen molar-refractivity contribution < 1.29 is 9.53 Å². The number of ketones is 1. The lowest BCUT2D eigenvalue weighted by Crippen LogP contribution is -2.15. The van der Waals surface area contributed by atoms with Crippen LogP contribution in [0.25, 0.3) is 0 Å². The highest BCUT2D eigenvalue weighted by Gasteiger charge is 2.23. The topological polar surface area (TPSA) is 44.1 Å². The summed E-state index contributed by atoms with van der Waals surface area (Å²) in [6.45, 7) is 0. The molecular weight excluding hydrogens is 216 g/mol. The van der Waals surface area contributed by atoms with Crippen molar-refractivity contribution in [3.63, 3.8) is 0 Å². The number of ether oxygens (including phenoxy) is 1. The lowest BCUT2D eigenvalue weighted by atomic mass is 10.0. The minimum atomic E-state index is -0.592. The first kappa shape index (κ1) is 11.5. The van der Waals surface area contributed by atoms with Gasteiger partial charge in [-0.2, -0.15) is 5.10 Å². The Morgan fingerprint density at radius 3 is 2.53 bits per heavy atom. The Labute approximate surface area is 99.8 Å². The molecule has 4 nitrogen and oxygen atoms in total. The molecule has 0 aliphatic rings. The fraction of sp³-hybridized carbons (Fsp3) is 0.231. The van der Waals surface area contributed by atoms with Crippen LogP contribution < -0.4 is 0 Å². The SMILES string of the molecule is COC(C(=O)c1ccn(C)n1)c1ccccc1. The third kappa shape index (κ3) is 2.42. The maximum absolute atomic E-state index is 12.2. The van der Waals surface area contributed by atoms with Gasteiger partial charge in [0.05, 0.1) is 0 Å². The Kier molecular flexibility index (Phi) is 3.35.